The molecular weight excluding hydrogens is 426 g/mol. The van der Waals surface area contributed by atoms with Crippen molar-refractivity contribution in [2.24, 2.45) is 4.99 Å². The van der Waals surface area contributed by atoms with Gasteiger partial charge in [-0.25, -0.2) is 4.99 Å². The van der Waals surface area contributed by atoms with Gasteiger partial charge in [-0.1, -0.05) is 41.6 Å². The van der Waals surface area contributed by atoms with Crippen molar-refractivity contribution in [3.05, 3.63) is 53.6 Å². The zero-order chi connectivity index (χ0) is 21.5. The molecule has 1 unspecified atom stereocenters. The van der Waals surface area contributed by atoms with Crippen LogP contribution in [0.25, 0.3) is 0 Å². The molecule has 0 spiro atoms. The van der Waals surface area contributed by atoms with E-state index in [-0.39, 0.29) is 18.2 Å². The molecule has 1 fully saturated rings. The number of aliphatic imine (C=N–C) groups is 1. The highest BCUT2D eigenvalue weighted by Crippen LogP contribution is 2.32. The number of carbonyl (C=O) groups excluding carboxylic acids is 2. The van der Waals surface area contributed by atoms with Gasteiger partial charge in [0, 0.05) is 19.2 Å². The molecule has 1 saturated heterocycles. The van der Waals surface area contributed by atoms with Gasteiger partial charge in [-0.2, -0.15) is 0 Å². The second-order valence-corrected chi connectivity index (χ2v) is 8.00. The molecule has 0 radical (unpaired) electrons. The van der Waals surface area contributed by atoms with E-state index in [4.69, 9.17) is 21.1 Å². The molecule has 7 nitrogen and oxygen atoms in total. The van der Waals surface area contributed by atoms with Gasteiger partial charge >= 0.3 is 0 Å². The van der Waals surface area contributed by atoms with E-state index in [0.717, 1.165) is 5.69 Å². The third-order valence-corrected chi connectivity index (χ3v) is 5.80. The third kappa shape index (κ3) is 5.53. The number of hydrogen-bond acceptors (Lipinski definition) is 6. The van der Waals surface area contributed by atoms with Crippen LogP contribution in [0.1, 0.15) is 6.42 Å². The van der Waals surface area contributed by atoms with Gasteiger partial charge in [0.05, 0.1) is 31.0 Å². The summed E-state index contributed by atoms with van der Waals surface area (Å²) in [6, 6.07) is 14.4. The van der Waals surface area contributed by atoms with Crippen LogP contribution in [0, 0.1) is 0 Å². The first kappa shape index (κ1) is 22.1. The Balaban J connectivity index is 1.70. The van der Waals surface area contributed by atoms with Crippen LogP contribution in [0.15, 0.2) is 53.5 Å². The van der Waals surface area contributed by atoms with Gasteiger partial charge in [0.2, 0.25) is 11.8 Å². The van der Waals surface area contributed by atoms with Crippen LogP contribution < -0.4 is 10.1 Å². The van der Waals surface area contributed by atoms with E-state index in [1.807, 2.05) is 30.3 Å². The monoisotopic (exact) mass is 447 g/mol. The largest absolute Gasteiger partial charge is 0.495 e. The number of thioether (sulfide) groups is 1. The molecule has 1 aliphatic heterocycles. The lowest BCUT2D eigenvalue weighted by Crippen LogP contribution is -2.35. The third-order valence-electron chi connectivity index (χ3n) is 4.33. The molecule has 1 N–H and O–H groups in total. The predicted molar refractivity (Wildman–Crippen MR) is 120 cm³/mol. The number of benzene rings is 2. The Labute approximate surface area is 184 Å². The van der Waals surface area contributed by atoms with E-state index in [9.17, 15) is 9.59 Å². The standard InChI is InChI=1S/C21H22ClN3O4S/c1-28-11-10-25-20(27)18(30-21(25)24-14-6-4-3-5-7-14)13-19(26)23-15-8-9-17(29-2)16(22)12-15/h3-9,12,18H,10-11,13H2,1-2H3,(H,23,26). The van der Waals surface area contributed by atoms with Crippen LogP contribution >= 0.6 is 23.4 Å². The molecule has 2 amide bonds. The number of rotatable bonds is 8. The maximum atomic E-state index is 12.9. The summed E-state index contributed by atoms with van der Waals surface area (Å²) in [7, 11) is 3.10. The minimum atomic E-state index is -0.557. The van der Waals surface area contributed by atoms with Crippen molar-refractivity contribution in [2.75, 3.05) is 32.7 Å². The summed E-state index contributed by atoms with van der Waals surface area (Å²) in [5, 5.41) is 3.18. The molecule has 0 bridgehead atoms. The fourth-order valence-corrected chi connectivity index (χ4v) is 4.29. The van der Waals surface area contributed by atoms with Crippen molar-refractivity contribution in [1.82, 2.24) is 4.90 Å². The lowest BCUT2D eigenvalue weighted by molar-refractivity contribution is -0.128. The molecule has 3 rings (SSSR count). The Morgan fingerprint density at radius 1 is 1.23 bits per heavy atom. The average molecular weight is 448 g/mol. The first-order valence-electron chi connectivity index (χ1n) is 9.26. The van der Waals surface area contributed by atoms with Gasteiger partial charge in [-0.15, -0.1) is 0 Å². The number of hydrogen-bond donors (Lipinski definition) is 1. The zero-order valence-corrected chi connectivity index (χ0v) is 18.2. The molecular formula is C21H22ClN3O4S. The lowest BCUT2D eigenvalue weighted by atomic mass is 10.2. The minimum Gasteiger partial charge on any atom is -0.495 e. The summed E-state index contributed by atoms with van der Waals surface area (Å²) in [6.45, 7) is 0.754. The second-order valence-electron chi connectivity index (χ2n) is 6.42. The molecule has 158 valence electrons. The van der Waals surface area contributed by atoms with E-state index in [1.165, 1.54) is 18.9 Å². The normalized spacial score (nSPS) is 17.4. The van der Waals surface area contributed by atoms with E-state index >= 15 is 0 Å². The topological polar surface area (TPSA) is 80.2 Å². The van der Waals surface area contributed by atoms with Crippen molar-refractivity contribution in [3.8, 4) is 5.75 Å². The number of methoxy groups -OCH3 is 2. The van der Waals surface area contributed by atoms with Gasteiger partial charge in [0.25, 0.3) is 0 Å². The first-order valence-corrected chi connectivity index (χ1v) is 10.5. The number of para-hydroxylation sites is 1. The van der Waals surface area contributed by atoms with Crippen molar-refractivity contribution in [3.63, 3.8) is 0 Å². The molecule has 0 aliphatic carbocycles. The number of amides is 2. The molecule has 1 aliphatic rings. The summed E-state index contributed by atoms with van der Waals surface area (Å²) in [5.41, 5.74) is 1.28. The number of anilines is 1. The summed E-state index contributed by atoms with van der Waals surface area (Å²) >= 11 is 7.39. The smallest absolute Gasteiger partial charge is 0.242 e. The van der Waals surface area contributed by atoms with Crippen molar-refractivity contribution < 1.29 is 19.1 Å². The number of carbonyl (C=O) groups is 2. The molecule has 0 saturated carbocycles. The maximum Gasteiger partial charge on any atom is 0.242 e. The Kier molecular flexibility index (Phi) is 7.73. The average Bonchev–Trinajstić information content (AvgIpc) is 3.01. The molecule has 1 heterocycles. The highest BCUT2D eigenvalue weighted by atomic mass is 35.5. The van der Waals surface area contributed by atoms with Crippen molar-refractivity contribution >= 4 is 51.7 Å². The number of amidine groups is 1. The molecule has 2 aromatic rings. The summed E-state index contributed by atoms with van der Waals surface area (Å²) < 4.78 is 10.2. The van der Waals surface area contributed by atoms with Crippen LogP contribution in [0.2, 0.25) is 5.02 Å². The van der Waals surface area contributed by atoms with Crippen molar-refractivity contribution in [2.45, 2.75) is 11.7 Å². The van der Waals surface area contributed by atoms with Gasteiger partial charge < -0.3 is 14.8 Å². The number of nitrogens with one attached hydrogen (secondary N) is 1. The zero-order valence-electron chi connectivity index (χ0n) is 16.6. The van der Waals surface area contributed by atoms with Crippen molar-refractivity contribution in [1.29, 1.82) is 0 Å². The molecule has 9 heteroatoms. The van der Waals surface area contributed by atoms with Gasteiger partial charge in [0.15, 0.2) is 5.17 Å². The predicted octanol–water partition coefficient (Wildman–Crippen LogP) is 3.96. The van der Waals surface area contributed by atoms with Crippen LogP contribution in [-0.4, -0.2) is 54.5 Å². The lowest BCUT2D eigenvalue weighted by Gasteiger charge is -2.15. The Morgan fingerprint density at radius 2 is 2.00 bits per heavy atom. The SMILES string of the molecule is COCCN1C(=O)C(CC(=O)Nc2ccc(OC)c(Cl)c2)SC1=Nc1ccccc1. The first-order chi connectivity index (χ1) is 14.5. The summed E-state index contributed by atoms with van der Waals surface area (Å²) in [6.07, 6.45) is 0.0183. The summed E-state index contributed by atoms with van der Waals surface area (Å²) in [5.74, 6) is 0.0797. The number of nitrogens with zero attached hydrogens (tertiary/aromatic N) is 2. The van der Waals surface area contributed by atoms with E-state index in [1.54, 1.807) is 30.2 Å². The maximum absolute atomic E-state index is 12.9. The van der Waals surface area contributed by atoms with E-state index in [0.29, 0.717) is 34.8 Å². The van der Waals surface area contributed by atoms with Gasteiger partial charge in [-0.05, 0) is 30.3 Å². The number of ether oxygens (including phenoxy) is 2. The van der Waals surface area contributed by atoms with Crippen LogP contribution in [-0.2, 0) is 14.3 Å². The Bertz CT molecular complexity index is 939. The van der Waals surface area contributed by atoms with Crippen LogP contribution in [0.4, 0.5) is 11.4 Å². The fourth-order valence-electron chi connectivity index (χ4n) is 2.85. The van der Waals surface area contributed by atoms with Gasteiger partial charge in [0.1, 0.15) is 11.0 Å². The molecule has 2 aromatic carbocycles. The minimum absolute atomic E-state index is 0.0183. The van der Waals surface area contributed by atoms with Crippen LogP contribution in [0.5, 0.6) is 5.75 Å². The van der Waals surface area contributed by atoms with Crippen LogP contribution in [0.3, 0.4) is 0 Å². The highest BCUT2D eigenvalue weighted by molar-refractivity contribution is 8.15. The molecule has 1 atom stereocenters. The molecule has 30 heavy (non-hydrogen) atoms. The summed E-state index contributed by atoms with van der Waals surface area (Å²) in [4.78, 5) is 31.6. The quantitative estimate of drug-likeness (QED) is 0.662. The Morgan fingerprint density at radius 3 is 2.67 bits per heavy atom. The van der Waals surface area contributed by atoms with Gasteiger partial charge in [-0.3, -0.25) is 14.5 Å². The van der Waals surface area contributed by atoms with E-state index < -0.39 is 5.25 Å². The number of halogens is 1. The highest BCUT2D eigenvalue weighted by Gasteiger charge is 2.39. The second kappa shape index (κ2) is 10.5. The Hall–Kier alpha value is -2.55. The fraction of sp³-hybridized carbons (Fsp3) is 0.286. The van der Waals surface area contributed by atoms with E-state index in [2.05, 4.69) is 10.3 Å². The molecule has 0 aromatic heterocycles.